The van der Waals surface area contributed by atoms with Gasteiger partial charge in [-0.3, -0.25) is 9.78 Å². The molecule has 1 atom stereocenters. The Labute approximate surface area is 164 Å². The Morgan fingerprint density at radius 2 is 1.96 bits per heavy atom. The first kappa shape index (κ1) is 17.0. The standard InChI is InChI=1S/C24H23N3O/c1-23(2)19-7-3-4-8-21(19)27-15-12-22(28)26-24(23,27)13-11-17-9-10-20-18(16-17)6-5-14-25-20/h3-11,13-14,16H,12,15H2,1-2H3,(H,26,28)/b13-11+/t24-/m1/s1. The number of amides is 1. The van der Waals surface area contributed by atoms with Gasteiger partial charge in [-0.1, -0.05) is 50.3 Å². The summed E-state index contributed by atoms with van der Waals surface area (Å²) in [4.78, 5) is 19.2. The summed E-state index contributed by atoms with van der Waals surface area (Å²) in [6.45, 7) is 5.15. The highest BCUT2D eigenvalue weighted by atomic mass is 16.2. The molecule has 4 heteroatoms. The van der Waals surface area contributed by atoms with Crippen LogP contribution in [0, 0.1) is 0 Å². The van der Waals surface area contributed by atoms with Crippen LogP contribution in [0.15, 0.2) is 66.9 Å². The van der Waals surface area contributed by atoms with Crippen LogP contribution >= 0.6 is 0 Å². The number of nitrogens with one attached hydrogen (secondary N) is 1. The molecule has 28 heavy (non-hydrogen) atoms. The molecule has 5 rings (SSSR count). The minimum Gasteiger partial charge on any atom is -0.344 e. The van der Waals surface area contributed by atoms with E-state index in [1.54, 1.807) is 0 Å². The van der Waals surface area contributed by atoms with E-state index in [0.29, 0.717) is 6.42 Å². The van der Waals surface area contributed by atoms with Gasteiger partial charge in [0.1, 0.15) is 5.66 Å². The lowest BCUT2D eigenvalue weighted by molar-refractivity contribution is -0.124. The Morgan fingerprint density at radius 3 is 2.86 bits per heavy atom. The van der Waals surface area contributed by atoms with Crippen LogP contribution in [-0.4, -0.2) is 23.1 Å². The average Bonchev–Trinajstić information content (AvgIpc) is 2.90. The monoisotopic (exact) mass is 369 g/mol. The number of pyridine rings is 1. The van der Waals surface area contributed by atoms with Crippen LogP contribution in [0.5, 0.6) is 0 Å². The number of hydrogen-bond donors (Lipinski definition) is 1. The Kier molecular flexibility index (Phi) is 3.60. The van der Waals surface area contributed by atoms with Gasteiger partial charge in [-0.15, -0.1) is 0 Å². The predicted molar refractivity (Wildman–Crippen MR) is 113 cm³/mol. The van der Waals surface area contributed by atoms with Crippen LogP contribution < -0.4 is 10.2 Å². The summed E-state index contributed by atoms with van der Waals surface area (Å²) in [6.07, 6.45) is 6.62. The first-order chi connectivity index (χ1) is 13.5. The van der Waals surface area contributed by atoms with Crippen LogP contribution in [0.3, 0.4) is 0 Å². The first-order valence-corrected chi connectivity index (χ1v) is 9.73. The molecule has 2 aliphatic rings. The molecule has 1 N–H and O–H groups in total. The lowest BCUT2D eigenvalue weighted by Gasteiger charge is -2.49. The maximum absolute atomic E-state index is 12.5. The van der Waals surface area contributed by atoms with Crippen molar-refractivity contribution in [2.75, 3.05) is 11.4 Å². The van der Waals surface area contributed by atoms with Crippen molar-refractivity contribution in [1.82, 2.24) is 10.3 Å². The molecule has 0 saturated carbocycles. The van der Waals surface area contributed by atoms with Crippen LogP contribution in [0.4, 0.5) is 5.69 Å². The van der Waals surface area contributed by atoms with Gasteiger partial charge >= 0.3 is 0 Å². The minimum absolute atomic E-state index is 0.101. The number of carbonyl (C=O) groups excluding carboxylic acids is 1. The molecule has 2 aliphatic heterocycles. The third-order valence-electron chi connectivity index (χ3n) is 6.28. The predicted octanol–water partition coefficient (Wildman–Crippen LogP) is 4.26. The van der Waals surface area contributed by atoms with Crippen LogP contribution in [0.25, 0.3) is 17.0 Å². The van der Waals surface area contributed by atoms with E-state index >= 15 is 0 Å². The fraction of sp³-hybridized carbons (Fsp3) is 0.250. The molecular weight excluding hydrogens is 346 g/mol. The lowest BCUT2D eigenvalue weighted by atomic mass is 9.74. The van der Waals surface area contributed by atoms with Gasteiger partial charge < -0.3 is 10.2 Å². The minimum atomic E-state index is -0.573. The summed E-state index contributed by atoms with van der Waals surface area (Å²) in [6, 6.07) is 18.8. The molecule has 0 radical (unpaired) electrons. The largest absolute Gasteiger partial charge is 0.344 e. The molecule has 0 bridgehead atoms. The Balaban J connectivity index is 1.62. The van der Waals surface area contributed by atoms with E-state index in [2.05, 4.69) is 83.7 Å². The molecule has 2 aromatic carbocycles. The van der Waals surface area contributed by atoms with Gasteiger partial charge in [-0.25, -0.2) is 0 Å². The molecule has 3 aromatic rings. The molecule has 0 aliphatic carbocycles. The van der Waals surface area contributed by atoms with E-state index in [-0.39, 0.29) is 11.3 Å². The van der Waals surface area contributed by atoms with Crippen molar-refractivity contribution >= 4 is 28.6 Å². The van der Waals surface area contributed by atoms with Crippen LogP contribution in [0.2, 0.25) is 0 Å². The van der Waals surface area contributed by atoms with Crippen LogP contribution in [0.1, 0.15) is 31.4 Å². The van der Waals surface area contributed by atoms with Gasteiger partial charge in [0.2, 0.25) is 5.91 Å². The number of anilines is 1. The molecule has 3 heterocycles. The number of rotatable bonds is 2. The van der Waals surface area contributed by atoms with Crippen molar-refractivity contribution in [3.63, 3.8) is 0 Å². The summed E-state index contributed by atoms with van der Waals surface area (Å²) in [7, 11) is 0. The second kappa shape index (κ2) is 5.93. The number of aromatic nitrogens is 1. The first-order valence-electron chi connectivity index (χ1n) is 9.73. The van der Waals surface area contributed by atoms with Crippen molar-refractivity contribution < 1.29 is 4.79 Å². The summed E-state index contributed by atoms with van der Waals surface area (Å²) in [5, 5.41) is 4.44. The zero-order chi connectivity index (χ0) is 19.4. The Bertz CT molecular complexity index is 1120. The number of para-hydroxylation sites is 1. The van der Waals surface area contributed by atoms with Gasteiger partial charge in [0, 0.05) is 35.7 Å². The van der Waals surface area contributed by atoms with Crippen molar-refractivity contribution in [3.05, 3.63) is 78.0 Å². The number of fused-ring (bicyclic) bond motifs is 4. The van der Waals surface area contributed by atoms with E-state index in [1.165, 1.54) is 11.3 Å². The fourth-order valence-corrected chi connectivity index (χ4v) is 4.73. The third kappa shape index (κ3) is 2.30. The molecule has 1 saturated heterocycles. The van der Waals surface area contributed by atoms with E-state index in [4.69, 9.17) is 0 Å². The number of carbonyl (C=O) groups is 1. The number of benzene rings is 2. The topological polar surface area (TPSA) is 45.2 Å². The molecule has 140 valence electrons. The van der Waals surface area contributed by atoms with Gasteiger partial charge in [0.05, 0.1) is 5.52 Å². The van der Waals surface area contributed by atoms with Gasteiger partial charge in [0.15, 0.2) is 0 Å². The number of hydrogen-bond acceptors (Lipinski definition) is 3. The molecule has 0 unspecified atom stereocenters. The molecule has 0 spiro atoms. The third-order valence-corrected chi connectivity index (χ3v) is 6.28. The van der Waals surface area contributed by atoms with E-state index in [1.807, 2.05) is 18.3 Å². The second-order valence-electron chi connectivity index (χ2n) is 8.15. The highest BCUT2D eigenvalue weighted by molar-refractivity contribution is 5.85. The maximum Gasteiger partial charge on any atom is 0.223 e. The Hall–Kier alpha value is -3.14. The second-order valence-corrected chi connectivity index (χ2v) is 8.15. The molecule has 1 amide bonds. The molecule has 1 aromatic heterocycles. The van der Waals surface area contributed by atoms with E-state index < -0.39 is 5.66 Å². The van der Waals surface area contributed by atoms with Crippen molar-refractivity contribution in [3.8, 4) is 0 Å². The molecule has 4 nitrogen and oxygen atoms in total. The summed E-state index contributed by atoms with van der Waals surface area (Å²) < 4.78 is 0. The maximum atomic E-state index is 12.5. The van der Waals surface area contributed by atoms with Gasteiger partial charge in [0.25, 0.3) is 0 Å². The van der Waals surface area contributed by atoms with Crippen molar-refractivity contribution in [2.45, 2.75) is 31.3 Å². The average molecular weight is 369 g/mol. The van der Waals surface area contributed by atoms with Gasteiger partial charge in [-0.05, 0) is 41.5 Å². The zero-order valence-electron chi connectivity index (χ0n) is 16.1. The molecular formula is C24H23N3O. The fourth-order valence-electron chi connectivity index (χ4n) is 4.73. The normalized spacial score (nSPS) is 22.9. The highest BCUT2D eigenvalue weighted by Gasteiger charge is 2.57. The summed E-state index contributed by atoms with van der Waals surface area (Å²) >= 11 is 0. The van der Waals surface area contributed by atoms with E-state index in [0.717, 1.165) is 23.0 Å². The van der Waals surface area contributed by atoms with E-state index in [9.17, 15) is 4.79 Å². The number of nitrogens with zero attached hydrogens (tertiary/aromatic N) is 2. The van der Waals surface area contributed by atoms with Crippen molar-refractivity contribution in [1.29, 1.82) is 0 Å². The summed E-state index contributed by atoms with van der Waals surface area (Å²) in [5.41, 5.74) is 3.73. The lowest BCUT2D eigenvalue weighted by Crippen LogP contribution is -2.68. The van der Waals surface area contributed by atoms with Gasteiger partial charge in [-0.2, -0.15) is 0 Å². The SMILES string of the molecule is CC1(C)c2ccccc2N2CCC(=O)N[C@]21/C=C/c1ccc2ncccc2c1. The van der Waals surface area contributed by atoms with Crippen molar-refractivity contribution in [2.24, 2.45) is 0 Å². The highest BCUT2D eigenvalue weighted by Crippen LogP contribution is 2.52. The quantitative estimate of drug-likeness (QED) is 0.734. The smallest absolute Gasteiger partial charge is 0.223 e. The van der Waals surface area contributed by atoms with Crippen LogP contribution in [-0.2, 0) is 10.2 Å². The summed E-state index contributed by atoms with van der Waals surface area (Å²) in [5.74, 6) is 0.101. The zero-order valence-corrected chi connectivity index (χ0v) is 16.1. The molecule has 1 fully saturated rings. The Morgan fingerprint density at radius 1 is 1.11 bits per heavy atom.